The maximum absolute atomic E-state index is 13.3. The molecular weight excluding hydrogens is 468 g/mol. The maximum atomic E-state index is 13.3. The molecule has 0 unspecified atom stereocenters. The van der Waals surface area contributed by atoms with Crippen LogP contribution in [0.15, 0.2) is 71.8 Å². The minimum Gasteiger partial charge on any atom is -0.345 e. The Bertz CT molecular complexity index is 1510. The number of thiazole rings is 1. The van der Waals surface area contributed by atoms with Crippen molar-refractivity contribution in [2.75, 3.05) is 0 Å². The summed E-state index contributed by atoms with van der Waals surface area (Å²) in [6.45, 7) is 5.44. The number of fused-ring (bicyclic) bond motifs is 1. The van der Waals surface area contributed by atoms with Crippen LogP contribution in [0.25, 0.3) is 22.2 Å². The molecule has 0 saturated heterocycles. The Balaban J connectivity index is 1.33. The summed E-state index contributed by atoms with van der Waals surface area (Å²) in [6, 6.07) is 15.8. The molecule has 0 radical (unpaired) electrons. The molecule has 0 saturated carbocycles. The van der Waals surface area contributed by atoms with Gasteiger partial charge in [-0.2, -0.15) is 5.10 Å². The van der Waals surface area contributed by atoms with Gasteiger partial charge in [0.25, 0.3) is 5.91 Å². The molecule has 0 spiro atoms. The Morgan fingerprint density at radius 2 is 2.00 bits per heavy atom. The molecule has 5 rings (SSSR count). The number of aromatic nitrogens is 4. The normalized spacial score (nSPS) is 12.1. The van der Waals surface area contributed by atoms with Crippen molar-refractivity contribution >= 4 is 28.1 Å². The number of nitrogens with zero attached hydrogens (tertiary/aromatic N) is 4. The third-order valence-electron chi connectivity index (χ3n) is 6.22. The molecular formula is C28H28N6OS. The lowest BCUT2D eigenvalue weighted by molar-refractivity contribution is 0.0939. The van der Waals surface area contributed by atoms with Crippen molar-refractivity contribution < 1.29 is 4.79 Å². The van der Waals surface area contributed by atoms with E-state index in [1.807, 2.05) is 80.4 Å². The third-order valence-corrected chi connectivity index (χ3v) is 6.85. The zero-order chi connectivity index (χ0) is 25.1. The van der Waals surface area contributed by atoms with Crippen LogP contribution in [-0.2, 0) is 20.1 Å². The van der Waals surface area contributed by atoms with Gasteiger partial charge in [-0.15, -0.1) is 11.3 Å². The topological polar surface area (TPSA) is 84.7 Å². The first kappa shape index (κ1) is 23.8. The molecule has 0 fully saturated rings. The summed E-state index contributed by atoms with van der Waals surface area (Å²) in [5.41, 5.74) is 9.32. The quantitative estimate of drug-likeness (QED) is 0.309. The Morgan fingerprint density at radius 3 is 2.75 bits per heavy atom. The summed E-state index contributed by atoms with van der Waals surface area (Å²) in [5.74, 6) is -0.0918. The summed E-state index contributed by atoms with van der Waals surface area (Å²) in [6.07, 6.45) is 3.75. The van der Waals surface area contributed by atoms with E-state index in [1.54, 1.807) is 22.2 Å². The van der Waals surface area contributed by atoms with E-state index >= 15 is 0 Å². The average molecular weight is 497 g/mol. The van der Waals surface area contributed by atoms with E-state index in [-0.39, 0.29) is 11.9 Å². The molecule has 36 heavy (non-hydrogen) atoms. The number of pyridine rings is 1. The molecule has 2 aromatic carbocycles. The number of para-hydroxylation sites is 1. The van der Waals surface area contributed by atoms with Gasteiger partial charge in [0.2, 0.25) is 0 Å². The van der Waals surface area contributed by atoms with Gasteiger partial charge in [0, 0.05) is 48.2 Å². The van der Waals surface area contributed by atoms with Crippen LogP contribution in [0.4, 0.5) is 0 Å². The second-order valence-corrected chi connectivity index (χ2v) is 9.66. The second-order valence-electron chi connectivity index (χ2n) is 8.94. The van der Waals surface area contributed by atoms with Crippen LogP contribution in [0.5, 0.6) is 0 Å². The fourth-order valence-corrected chi connectivity index (χ4v) is 4.92. The lowest BCUT2D eigenvalue weighted by Crippen LogP contribution is -2.27. The second kappa shape index (κ2) is 10.4. The van der Waals surface area contributed by atoms with Gasteiger partial charge < -0.3 is 10.6 Å². The first-order valence-corrected chi connectivity index (χ1v) is 12.8. The number of carbonyl (C=O) groups is 1. The van der Waals surface area contributed by atoms with Crippen LogP contribution in [-0.4, -0.2) is 25.7 Å². The van der Waals surface area contributed by atoms with Crippen molar-refractivity contribution in [3.05, 3.63) is 99.8 Å². The molecule has 0 aliphatic heterocycles. The first-order valence-electron chi connectivity index (χ1n) is 11.8. The number of amides is 1. The molecule has 7 nitrogen and oxygen atoms in total. The number of carbonyl (C=O) groups excluding carboxylic acids is 1. The molecule has 1 atom stereocenters. The minimum absolute atomic E-state index is 0.0918. The summed E-state index contributed by atoms with van der Waals surface area (Å²) in [5, 5.41) is 14.0. The van der Waals surface area contributed by atoms with Crippen LogP contribution in [0.2, 0.25) is 0 Å². The Morgan fingerprint density at radius 1 is 1.14 bits per heavy atom. The first-order chi connectivity index (χ1) is 17.5. The van der Waals surface area contributed by atoms with Crippen LogP contribution in [0.3, 0.4) is 0 Å². The van der Waals surface area contributed by atoms with Crippen LogP contribution >= 0.6 is 11.3 Å². The molecule has 0 aliphatic carbocycles. The highest BCUT2D eigenvalue weighted by atomic mass is 32.1. The Labute approximate surface area is 214 Å². The lowest BCUT2D eigenvalue weighted by Gasteiger charge is -2.18. The fourth-order valence-electron chi connectivity index (χ4n) is 4.36. The molecule has 0 bridgehead atoms. The zero-order valence-corrected chi connectivity index (χ0v) is 21.3. The zero-order valence-electron chi connectivity index (χ0n) is 20.5. The molecule has 3 heterocycles. The van der Waals surface area contributed by atoms with E-state index in [2.05, 4.69) is 26.8 Å². The number of aryl methyl sites for hydroxylation is 2. The van der Waals surface area contributed by atoms with Gasteiger partial charge in [0.15, 0.2) is 0 Å². The number of hydrogen-bond acceptors (Lipinski definition) is 6. The Kier molecular flexibility index (Phi) is 6.88. The molecule has 8 heteroatoms. The van der Waals surface area contributed by atoms with Crippen molar-refractivity contribution in [3.8, 4) is 11.3 Å². The van der Waals surface area contributed by atoms with Gasteiger partial charge >= 0.3 is 0 Å². The summed E-state index contributed by atoms with van der Waals surface area (Å²) in [4.78, 5) is 22.4. The largest absolute Gasteiger partial charge is 0.345 e. The molecule has 182 valence electrons. The van der Waals surface area contributed by atoms with Gasteiger partial charge in [0.1, 0.15) is 0 Å². The van der Waals surface area contributed by atoms with Gasteiger partial charge in [-0.05, 0) is 48.7 Å². The maximum Gasteiger partial charge on any atom is 0.252 e. The van der Waals surface area contributed by atoms with Crippen LogP contribution in [0, 0.1) is 6.92 Å². The number of hydrogen-bond donors (Lipinski definition) is 2. The van der Waals surface area contributed by atoms with Gasteiger partial charge in [0.05, 0.1) is 34.7 Å². The standard InChI is InChI=1S/C28H28N6OS/c1-18-10-20(12-29-14-22-16-36-17-30-22)8-9-23(18)28(35)32-19(2)25-11-27(21-13-31-34(3)15-21)33-26-7-5-4-6-24(25)26/h4-11,13,15-17,19,29H,12,14H2,1-3H3,(H,32,35)/t19-/m1/s1. The van der Waals surface area contributed by atoms with E-state index in [9.17, 15) is 4.79 Å². The molecule has 5 aromatic rings. The highest BCUT2D eigenvalue weighted by Gasteiger charge is 2.18. The van der Waals surface area contributed by atoms with Crippen molar-refractivity contribution in [2.45, 2.75) is 33.0 Å². The van der Waals surface area contributed by atoms with Crippen molar-refractivity contribution in [2.24, 2.45) is 7.05 Å². The number of benzene rings is 2. The van der Waals surface area contributed by atoms with Crippen LogP contribution in [0.1, 0.15) is 45.7 Å². The summed E-state index contributed by atoms with van der Waals surface area (Å²) >= 11 is 1.59. The van der Waals surface area contributed by atoms with E-state index < -0.39 is 0 Å². The Hall–Kier alpha value is -3.88. The lowest BCUT2D eigenvalue weighted by atomic mass is 9.99. The summed E-state index contributed by atoms with van der Waals surface area (Å²) in [7, 11) is 1.89. The predicted octanol–water partition coefficient (Wildman–Crippen LogP) is 5.18. The van der Waals surface area contributed by atoms with E-state index in [0.29, 0.717) is 5.56 Å². The van der Waals surface area contributed by atoms with Crippen molar-refractivity contribution in [1.82, 2.24) is 30.4 Å². The van der Waals surface area contributed by atoms with E-state index in [4.69, 9.17) is 4.98 Å². The molecule has 0 aliphatic rings. The highest BCUT2D eigenvalue weighted by molar-refractivity contribution is 7.07. The van der Waals surface area contributed by atoms with Crippen LogP contribution < -0.4 is 10.6 Å². The minimum atomic E-state index is -0.209. The smallest absolute Gasteiger partial charge is 0.252 e. The number of nitrogens with one attached hydrogen (secondary N) is 2. The third kappa shape index (κ3) is 5.19. The van der Waals surface area contributed by atoms with Gasteiger partial charge in [-0.25, -0.2) is 9.97 Å². The van der Waals surface area contributed by atoms with Crippen molar-refractivity contribution in [1.29, 1.82) is 0 Å². The molecule has 3 aromatic heterocycles. The van der Waals surface area contributed by atoms with Crippen molar-refractivity contribution in [3.63, 3.8) is 0 Å². The monoisotopic (exact) mass is 496 g/mol. The molecule has 2 N–H and O–H groups in total. The average Bonchev–Trinajstić information content (AvgIpc) is 3.55. The van der Waals surface area contributed by atoms with Gasteiger partial charge in [-0.1, -0.05) is 30.3 Å². The fraction of sp³-hybridized carbons (Fsp3) is 0.214. The predicted molar refractivity (Wildman–Crippen MR) is 144 cm³/mol. The highest BCUT2D eigenvalue weighted by Crippen LogP contribution is 2.29. The number of rotatable bonds is 8. The van der Waals surface area contributed by atoms with E-state index in [0.717, 1.165) is 57.6 Å². The van der Waals surface area contributed by atoms with Gasteiger partial charge in [-0.3, -0.25) is 9.48 Å². The SMILES string of the molecule is Cc1cc(CNCc2cscn2)ccc1C(=O)N[C@H](C)c1cc(-c2cnn(C)c2)nc2ccccc12. The molecule has 1 amide bonds. The summed E-state index contributed by atoms with van der Waals surface area (Å²) < 4.78 is 1.76. The van der Waals surface area contributed by atoms with E-state index in [1.165, 1.54) is 0 Å².